The van der Waals surface area contributed by atoms with Crippen molar-refractivity contribution in [3.05, 3.63) is 54.1 Å². The van der Waals surface area contributed by atoms with Gasteiger partial charge in [0.2, 0.25) is 0 Å². The molecule has 2 nitrogen and oxygen atoms in total. The molecular weight excluding hydrogens is 236 g/mol. The van der Waals surface area contributed by atoms with Crippen LogP contribution < -0.4 is 4.74 Å². The zero-order valence-electron chi connectivity index (χ0n) is 11.6. The first-order chi connectivity index (χ1) is 9.33. The van der Waals surface area contributed by atoms with Gasteiger partial charge in [0.15, 0.2) is 0 Å². The highest BCUT2D eigenvalue weighted by molar-refractivity contribution is 5.64. The summed E-state index contributed by atoms with van der Waals surface area (Å²) in [6, 6.07) is 16.7. The number of ether oxygens (including phenoxy) is 2. The highest BCUT2D eigenvalue weighted by Gasteiger charge is 1.99. The molecule has 0 aliphatic rings. The third-order valence-corrected chi connectivity index (χ3v) is 2.93. The van der Waals surface area contributed by atoms with Gasteiger partial charge in [-0.05, 0) is 35.2 Å². The van der Waals surface area contributed by atoms with E-state index in [1.807, 2.05) is 12.1 Å². The van der Waals surface area contributed by atoms with Gasteiger partial charge in [-0.25, -0.2) is 0 Å². The third-order valence-electron chi connectivity index (χ3n) is 2.93. The van der Waals surface area contributed by atoms with E-state index >= 15 is 0 Å². The van der Waals surface area contributed by atoms with Gasteiger partial charge >= 0.3 is 0 Å². The summed E-state index contributed by atoms with van der Waals surface area (Å²) in [4.78, 5) is 0. The molecule has 0 saturated carbocycles. The first kappa shape index (κ1) is 13.6. The van der Waals surface area contributed by atoms with Crippen LogP contribution in [0.2, 0.25) is 0 Å². The second kappa shape index (κ2) is 6.95. The minimum Gasteiger partial charge on any atom is -0.494 e. The summed E-state index contributed by atoms with van der Waals surface area (Å²) < 4.78 is 10.7. The van der Waals surface area contributed by atoms with Crippen LogP contribution in [0.15, 0.2) is 48.5 Å². The molecule has 0 radical (unpaired) electrons. The van der Waals surface area contributed by atoms with Crippen molar-refractivity contribution in [1.82, 2.24) is 0 Å². The van der Waals surface area contributed by atoms with E-state index in [0.29, 0.717) is 6.61 Å². The molecule has 0 heterocycles. The standard InChI is InChI=1S/C17H20O2/c1-3-12-19-17-10-8-16(9-11-17)15-6-4-14(5-7-15)13-18-2/h4-11H,3,12-13H2,1-2H3. The Kier molecular flexibility index (Phi) is 4.99. The minimum absolute atomic E-state index is 0.657. The number of benzene rings is 2. The van der Waals surface area contributed by atoms with Crippen molar-refractivity contribution in [3.63, 3.8) is 0 Å². The zero-order chi connectivity index (χ0) is 13.5. The summed E-state index contributed by atoms with van der Waals surface area (Å²) in [5.74, 6) is 0.932. The zero-order valence-corrected chi connectivity index (χ0v) is 11.6. The average molecular weight is 256 g/mol. The summed E-state index contributed by atoms with van der Waals surface area (Å²) in [7, 11) is 1.71. The van der Waals surface area contributed by atoms with Gasteiger partial charge in [-0.1, -0.05) is 43.3 Å². The van der Waals surface area contributed by atoms with Gasteiger partial charge in [-0.2, -0.15) is 0 Å². The van der Waals surface area contributed by atoms with E-state index in [9.17, 15) is 0 Å². The van der Waals surface area contributed by atoms with Crippen LogP contribution in [0.1, 0.15) is 18.9 Å². The van der Waals surface area contributed by atoms with Crippen molar-refractivity contribution in [2.24, 2.45) is 0 Å². The molecule has 0 N–H and O–H groups in total. The second-order valence-corrected chi connectivity index (χ2v) is 4.50. The molecule has 0 aliphatic carbocycles. The molecule has 0 amide bonds. The smallest absolute Gasteiger partial charge is 0.119 e. The van der Waals surface area contributed by atoms with Gasteiger partial charge in [-0.3, -0.25) is 0 Å². The fourth-order valence-corrected chi connectivity index (χ4v) is 1.92. The van der Waals surface area contributed by atoms with E-state index in [1.165, 1.54) is 16.7 Å². The maximum absolute atomic E-state index is 5.58. The summed E-state index contributed by atoms with van der Waals surface area (Å²) in [6.45, 7) is 3.53. The molecule has 0 aromatic heterocycles. The molecule has 100 valence electrons. The first-order valence-corrected chi connectivity index (χ1v) is 6.64. The van der Waals surface area contributed by atoms with Gasteiger partial charge in [0.1, 0.15) is 5.75 Å². The molecule has 0 bridgehead atoms. The Labute approximate surface area is 115 Å². The topological polar surface area (TPSA) is 18.5 Å². The molecule has 0 atom stereocenters. The Balaban J connectivity index is 2.08. The first-order valence-electron chi connectivity index (χ1n) is 6.64. The van der Waals surface area contributed by atoms with Crippen molar-refractivity contribution < 1.29 is 9.47 Å². The fourth-order valence-electron chi connectivity index (χ4n) is 1.92. The van der Waals surface area contributed by atoms with Crippen LogP contribution in [0.5, 0.6) is 5.75 Å². The highest BCUT2D eigenvalue weighted by Crippen LogP contribution is 2.23. The molecule has 2 aromatic carbocycles. The molecule has 2 rings (SSSR count). The van der Waals surface area contributed by atoms with Crippen LogP contribution in [0, 0.1) is 0 Å². The van der Waals surface area contributed by atoms with Crippen molar-refractivity contribution in [2.45, 2.75) is 20.0 Å². The van der Waals surface area contributed by atoms with E-state index in [1.54, 1.807) is 7.11 Å². The van der Waals surface area contributed by atoms with Crippen LogP contribution in [-0.4, -0.2) is 13.7 Å². The summed E-state index contributed by atoms with van der Waals surface area (Å²) in [5, 5.41) is 0. The molecule has 0 fully saturated rings. The maximum Gasteiger partial charge on any atom is 0.119 e. The summed E-state index contributed by atoms with van der Waals surface area (Å²) in [6.07, 6.45) is 1.03. The van der Waals surface area contributed by atoms with Crippen LogP contribution in [0.4, 0.5) is 0 Å². The Morgan fingerprint density at radius 3 is 1.95 bits per heavy atom. The molecule has 2 aromatic rings. The van der Waals surface area contributed by atoms with Crippen LogP contribution >= 0.6 is 0 Å². The van der Waals surface area contributed by atoms with Crippen LogP contribution in [0.3, 0.4) is 0 Å². The van der Waals surface area contributed by atoms with Crippen molar-refractivity contribution in [2.75, 3.05) is 13.7 Å². The molecular formula is C17H20O2. The quantitative estimate of drug-likeness (QED) is 0.767. The summed E-state index contributed by atoms with van der Waals surface area (Å²) in [5.41, 5.74) is 3.60. The lowest BCUT2D eigenvalue weighted by molar-refractivity contribution is 0.185. The Hall–Kier alpha value is -1.80. The number of hydrogen-bond acceptors (Lipinski definition) is 2. The predicted octanol–water partition coefficient (Wildman–Crippen LogP) is 4.29. The Morgan fingerprint density at radius 2 is 1.42 bits per heavy atom. The maximum atomic E-state index is 5.58. The van der Waals surface area contributed by atoms with E-state index in [2.05, 4.69) is 43.3 Å². The molecule has 0 saturated heterocycles. The lowest BCUT2D eigenvalue weighted by Crippen LogP contribution is -1.94. The van der Waals surface area contributed by atoms with Crippen molar-refractivity contribution in [3.8, 4) is 16.9 Å². The van der Waals surface area contributed by atoms with E-state index < -0.39 is 0 Å². The van der Waals surface area contributed by atoms with Gasteiger partial charge in [-0.15, -0.1) is 0 Å². The van der Waals surface area contributed by atoms with Gasteiger partial charge in [0, 0.05) is 7.11 Å². The SMILES string of the molecule is CCCOc1ccc(-c2ccc(COC)cc2)cc1. The van der Waals surface area contributed by atoms with Crippen molar-refractivity contribution in [1.29, 1.82) is 0 Å². The Morgan fingerprint density at radius 1 is 0.842 bits per heavy atom. The Bertz CT molecular complexity index is 486. The second-order valence-electron chi connectivity index (χ2n) is 4.50. The van der Waals surface area contributed by atoms with Crippen LogP contribution in [0.25, 0.3) is 11.1 Å². The minimum atomic E-state index is 0.657. The lowest BCUT2D eigenvalue weighted by Gasteiger charge is -2.07. The number of methoxy groups -OCH3 is 1. The monoisotopic (exact) mass is 256 g/mol. The largest absolute Gasteiger partial charge is 0.494 e. The van der Waals surface area contributed by atoms with Crippen LogP contribution in [-0.2, 0) is 11.3 Å². The normalized spacial score (nSPS) is 10.4. The average Bonchev–Trinajstić information content (AvgIpc) is 2.47. The van der Waals surface area contributed by atoms with Gasteiger partial charge in [0.05, 0.1) is 13.2 Å². The molecule has 0 unspecified atom stereocenters. The van der Waals surface area contributed by atoms with E-state index in [4.69, 9.17) is 9.47 Å². The van der Waals surface area contributed by atoms with Gasteiger partial charge < -0.3 is 9.47 Å². The number of hydrogen-bond donors (Lipinski definition) is 0. The molecule has 2 heteroatoms. The highest BCUT2D eigenvalue weighted by atomic mass is 16.5. The van der Waals surface area contributed by atoms with E-state index in [0.717, 1.165) is 18.8 Å². The van der Waals surface area contributed by atoms with E-state index in [-0.39, 0.29) is 0 Å². The molecule has 19 heavy (non-hydrogen) atoms. The fraction of sp³-hybridized carbons (Fsp3) is 0.294. The third kappa shape index (κ3) is 3.83. The number of rotatable bonds is 6. The summed E-state index contributed by atoms with van der Waals surface area (Å²) >= 11 is 0. The lowest BCUT2D eigenvalue weighted by atomic mass is 10.0. The molecule has 0 spiro atoms. The van der Waals surface area contributed by atoms with Gasteiger partial charge in [0.25, 0.3) is 0 Å². The van der Waals surface area contributed by atoms with Crippen molar-refractivity contribution >= 4 is 0 Å². The predicted molar refractivity (Wildman–Crippen MR) is 78.4 cm³/mol. The molecule has 0 aliphatic heterocycles.